The van der Waals surface area contributed by atoms with Gasteiger partial charge in [-0.05, 0) is 61.2 Å². The van der Waals surface area contributed by atoms with Crippen LogP contribution >= 0.6 is 0 Å². The molecule has 156 valence electrons. The number of aromatic amines is 1. The number of pyridine rings is 1. The summed E-state index contributed by atoms with van der Waals surface area (Å²) < 4.78 is 13.5. The Bertz CT molecular complexity index is 1250. The van der Waals surface area contributed by atoms with E-state index < -0.39 is 0 Å². The standard InChI is InChI=1S/C25H23FN4O/c1-16-12-19(17-6-3-2-4-7-17)13-22(27-16)18-8-5-11-30(15-18)25(31)24-28-21-10-9-20(26)14-23(21)29-24/h2-4,6-7,9-10,12-14,18H,5,8,11,15H2,1H3,(H,28,29). The molecule has 1 amide bonds. The lowest BCUT2D eigenvalue weighted by Crippen LogP contribution is -2.39. The van der Waals surface area contributed by atoms with E-state index >= 15 is 0 Å². The molecule has 0 bridgehead atoms. The number of aromatic nitrogens is 3. The van der Waals surface area contributed by atoms with E-state index in [2.05, 4.69) is 34.2 Å². The van der Waals surface area contributed by atoms with Gasteiger partial charge >= 0.3 is 0 Å². The van der Waals surface area contributed by atoms with Gasteiger partial charge in [0.2, 0.25) is 0 Å². The number of piperidine rings is 1. The number of halogens is 1. The van der Waals surface area contributed by atoms with Gasteiger partial charge in [0.25, 0.3) is 5.91 Å². The number of nitrogens with zero attached hydrogens (tertiary/aromatic N) is 3. The van der Waals surface area contributed by atoms with Crippen LogP contribution in [0.15, 0.2) is 60.7 Å². The smallest absolute Gasteiger partial charge is 0.289 e. The van der Waals surface area contributed by atoms with E-state index in [-0.39, 0.29) is 23.5 Å². The number of H-pyrrole nitrogens is 1. The van der Waals surface area contributed by atoms with Gasteiger partial charge < -0.3 is 9.88 Å². The maximum absolute atomic E-state index is 13.5. The number of hydrogen-bond donors (Lipinski definition) is 1. The summed E-state index contributed by atoms with van der Waals surface area (Å²) in [6, 6.07) is 18.8. The minimum atomic E-state index is -0.354. The summed E-state index contributed by atoms with van der Waals surface area (Å²) in [6.07, 6.45) is 1.89. The Labute approximate surface area is 180 Å². The molecule has 3 heterocycles. The Kier molecular flexibility index (Phi) is 4.98. The number of rotatable bonds is 3. The second kappa shape index (κ2) is 7.95. The van der Waals surface area contributed by atoms with E-state index in [0.717, 1.165) is 35.4 Å². The Balaban J connectivity index is 1.40. The van der Waals surface area contributed by atoms with Gasteiger partial charge in [0.1, 0.15) is 5.82 Å². The number of carbonyl (C=O) groups is 1. The highest BCUT2D eigenvalue weighted by molar-refractivity contribution is 5.94. The minimum Gasteiger partial charge on any atom is -0.335 e. The molecule has 5 nitrogen and oxygen atoms in total. The van der Waals surface area contributed by atoms with Crippen LogP contribution in [-0.2, 0) is 0 Å². The first-order valence-electron chi connectivity index (χ1n) is 10.6. The largest absolute Gasteiger partial charge is 0.335 e. The van der Waals surface area contributed by atoms with Crippen molar-refractivity contribution in [2.24, 2.45) is 0 Å². The van der Waals surface area contributed by atoms with Gasteiger partial charge in [0, 0.05) is 30.4 Å². The highest BCUT2D eigenvalue weighted by Crippen LogP contribution is 2.30. The van der Waals surface area contributed by atoms with Crippen molar-refractivity contribution >= 4 is 16.9 Å². The van der Waals surface area contributed by atoms with Crippen LogP contribution < -0.4 is 0 Å². The summed E-state index contributed by atoms with van der Waals surface area (Å²) >= 11 is 0. The molecule has 2 aromatic carbocycles. The van der Waals surface area contributed by atoms with Crippen molar-refractivity contribution in [1.82, 2.24) is 19.9 Å². The number of hydrogen-bond acceptors (Lipinski definition) is 3. The Morgan fingerprint density at radius 3 is 2.74 bits per heavy atom. The molecule has 0 radical (unpaired) electrons. The molecule has 6 heteroatoms. The van der Waals surface area contributed by atoms with E-state index in [9.17, 15) is 9.18 Å². The predicted molar refractivity (Wildman–Crippen MR) is 118 cm³/mol. The Morgan fingerprint density at radius 1 is 1.06 bits per heavy atom. The van der Waals surface area contributed by atoms with Crippen LogP contribution in [-0.4, -0.2) is 38.8 Å². The van der Waals surface area contributed by atoms with Crippen molar-refractivity contribution in [1.29, 1.82) is 0 Å². The summed E-state index contributed by atoms with van der Waals surface area (Å²) in [6.45, 7) is 3.28. The van der Waals surface area contributed by atoms with E-state index in [1.807, 2.05) is 30.0 Å². The molecule has 0 spiro atoms. The molecule has 2 aromatic heterocycles. The molecule has 1 atom stereocenters. The SMILES string of the molecule is Cc1cc(-c2ccccc2)cc(C2CCCN(C(=O)c3nc4ccc(F)cc4[nH]3)C2)n1. The first-order chi connectivity index (χ1) is 15.1. The lowest BCUT2D eigenvalue weighted by molar-refractivity contribution is 0.0695. The van der Waals surface area contributed by atoms with Crippen LogP contribution in [0.2, 0.25) is 0 Å². The molecule has 0 aliphatic carbocycles. The van der Waals surface area contributed by atoms with Crippen molar-refractivity contribution in [3.8, 4) is 11.1 Å². The normalized spacial score (nSPS) is 16.6. The lowest BCUT2D eigenvalue weighted by atomic mass is 9.92. The molecule has 31 heavy (non-hydrogen) atoms. The highest BCUT2D eigenvalue weighted by atomic mass is 19.1. The summed E-state index contributed by atoms with van der Waals surface area (Å²) in [4.78, 5) is 27.1. The zero-order valence-corrected chi connectivity index (χ0v) is 17.3. The predicted octanol–water partition coefficient (Wildman–Crippen LogP) is 5.09. The van der Waals surface area contributed by atoms with Gasteiger partial charge in [-0.15, -0.1) is 0 Å². The number of aryl methyl sites for hydroxylation is 1. The molecule has 4 aromatic rings. The van der Waals surface area contributed by atoms with Crippen LogP contribution in [0, 0.1) is 12.7 Å². The van der Waals surface area contributed by atoms with Crippen molar-refractivity contribution < 1.29 is 9.18 Å². The fraction of sp³-hybridized carbons (Fsp3) is 0.240. The van der Waals surface area contributed by atoms with Crippen molar-refractivity contribution in [3.05, 3.63) is 83.7 Å². The lowest BCUT2D eigenvalue weighted by Gasteiger charge is -2.32. The second-order valence-electron chi connectivity index (χ2n) is 8.13. The quantitative estimate of drug-likeness (QED) is 0.508. The first-order valence-corrected chi connectivity index (χ1v) is 10.6. The van der Waals surface area contributed by atoms with Gasteiger partial charge in [-0.3, -0.25) is 9.78 Å². The molecule has 5 rings (SSSR count). The molecule has 1 aliphatic heterocycles. The Morgan fingerprint density at radius 2 is 1.90 bits per heavy atom. The number of nitrogens with one attached hydrogen (secondary N) is 1. The second-order valence-corrected chi connectivity index (χ2v) is 8.13. The van der Waals surface area contributed by atoms with Gasteiger partial charge in [0.05, 0.1) is 11.0 Å². The molecule has 1 fully saturated rings. The van der Waals surface area contributed by atoms with E-state index in [0.29, 0.717) is 24.1 Å². The molecular weight excluding hydrogens is 391 g/mol. The average Bonchev–Trinajstić information content (AvgIpc) is 3.22. The molecular formula is C25H23FN4O. The molecule has 1 saturated heterocycles. The number of benzene rings is 2. The zero-order valence-electron chi connectivity index (χ0n) is 17.3. The Hall–Kier alpha value is -3.54. The number of carbonyl (C=O) groups excluding carboxylic acids is 1. The molecule has 1 unspecified atom stereocenters. The van der Waals surface area contributed by atoms with Crippen molar-refractivity contribution in [3.63, 3.8) is 0 Å². The monoisotopic (exact) mass is 414 g/mol. The summed E-state index contributed by atoms with van der Waals surface area (Å²) in [5, 5.41) is 0. The molecule has 1 N–H and O–H groups in total. The van der Waals surface area contributed by atoms with Gasteiger partial charge in [-0.25, -0.2) is 9.37 Å². The first kappa shape index (κ1) is 19.4. The van der Waals surface area contributed by atoms with E-state index in [1.54, 1.807) is 6.07 Å². The fourth-order valence-electron chi connectivity index (χ4n) is 4.34. The fourth-order valence-corrected chi connectivity index (χ4v) is 4.34. The van der Waals surface area contributed by atoms with Crippen LogP contribution in [0.25, 0.3) is 22.2 Å². The summed E-state index contributed by atoms with van der Waals surface area (Å²) in [5.74, 6) is -0.0875. The third-order valence-corrected chi connectivity index (χ3v) is 5.85. The number of amides is 1. The van der Waals surface area contributed by atoms with Gasteiger partial charge in [-0.1, -0.05) is 30.3 Å². The average molecular weight is 414 g/mol. The van der Waals surface area contributed by atoms with Crippen LogP contribution in [0.5, 0.6) is 0 Å². The maximum Gasteiger partial charge on any atom is 0.289 e. The van der Waals surface area contributed by atoms with Crippen LogP contribution in [0.4, 0.5) is 4.39 Å². The number of imidazole rings is 1. The van der Waals surface area contributed by atoms with E-state index in [1.165, 1.54) is 12.1 Å². The highest BCUT2D eigenvalue weighted by Gasteiger charge is 2.28. The molecule has 1 aliphatic rings. The third-order valence-electron chi connectivity index (χ3n) is 5.85. The van der Waals surface area contributed by atoms with Gasteiger partial charge in [-0.2, -0.15) is 0 Å². The topological polar surface area (TPSA) is 61.9 Å². The molecule has 0 saturated carbocycles. The minimum absolute atomic E-state index is 0.155. The van der Waals surface area contributed by atoms with Gasteiger partial charge in [0.15, 0.2) is 5.82 Å². The zero-order chi connectivity index (χ0) is 21.4. The van der Waals surface area contributed by atoms with Crippen molar-refractivity contribution in [2.45, 2.75) is 25.7 Å². The number of fused-ring (bicyclic) bond motifs is 1. The number of likely N-dealkylation sites (tertiary alicyclic amines) is 1. The maximum atomic E-state index is 13.5. The van der Waals surface area contributed by atoms with E-state index in [4.69, 9.17) is 4.98 Å². The summed E-state index contributed by atoms with van der Waals surface area (Å²) in [5.41, 5.74) is 5.41. The third kappa shape index (κ3) is 3.93. The van der Waals surface area contributed by atoms with Crippen molar-refractivity contribution in [2.75, 3.05) is 13.1 Å². The summed E-state index contributed by atoms with van der Waals surface area (Å²) in [7, 11) is 0. The van der Waals surface area contributed by atoms with Crippen LogP contribution in [0.3, 0.4) is 0 Å². The van der Waals surface area contributed by atoms with Crippen LogP contribution in [0.1, 0.15) is 40.8 Å².